The summed E-state index contributed by atoms with van der Waals surface area (Å²) in [6.07, 6.45) is -0.0270. The summed E-state index contributed by atoms with van der Waals surface area (Å²) in [6, 6.07) is 2.45. The van der Waals surface area contributed by atoms with E-state index >= 15 is 0 Å². The van der Waals surface area contributed by atoms with Gasteiger partial charge in [0.2, 0.25) is 0 Å². The topological polar surface area (TPSA) is 40.5 Å². The molecular weight excluding hydrogens is 280 g/mol. The molecule has 0 fully saturated rings. The summed E-state index contributed by atoms with van der Waals surface area (Å²) in [6.45, 7) is 6.74. The Hall–Kier alpha value is -2.11. The first-order chi connectivity index (χ1) is 9.81. The van der Waals surface area contributed by atoms with Crippen molar-refractivity contribution < 1.29 is 23.0 Å². The Morgan fingerprint density at radius 1 is 1.19 bits per heavy atom. The minimum atomic E-state index is -0.856. The number of aromatic nitrogens is 1. The summed E-state index contributed by atoms with van der Waals surface area (Å²) < 4.78 is 39.5. The van der Waals surface area contributed by atoms with Gasteiger partial charge in [-0.1, -0.05) is 0 Å². The molecule has 1 heterocycles. The zero-order chi connectivity index (χ0) is 15.7. The second-order valence-electron chi connectivity index (χ2n) is 5.22. The van der Waals surface area contributed by atoms with E-state index in [1.807, 2.05) is 0 Å². The van der Waals surface area contributed by atoms with E-state index in [1.54, 1.807) is 27.7 Å². The lowest BCUT2D eigenvalue weighted by Crippen LogP contribution is -2.17. The largest absolute Gasteiger partial charge is 0.485 e. The summed E-state index contributed by atoms with van der Waals surface area (Å²) in [7, 11) is 0. The minimum Gasteiger partial charge on any atom is -0.485 e. The molecule has 0 saturated carbocycles. The number of nitrogens with zero attached hydrogens (tertiary/aromatic N) is 1. The van der Waals surface area contributed by atoms with Crippen LogP contribution in [0.2, 0.25) is 0 Å². The monoisotopic (exact) mass is 297 g/mol. The van der Waals surface area contributed by atoms with Gasteiger partial charge in [-0.3, -0.25) is 4.57 Å². The molecule has 6 heteroatoms. The molecule has 0 bridgehead atoms. The van der Waals surface area contributed by atoms with Crippen LogP contribution in [0.1, 0.15) is 27.7 Å². The lowest BCUT2D eigenvalue weighted by atomic mass is 10.2. The maximum atomic E-state index is 14.3. The Morgan fingerprint density at radius 2 is 1.86 bits per heavy atom. The Kier molecular flexibility index (Phi) is 4.16. The van der Waals surface area contributed by atoms with Gasteiger partial charge in [-0.05, 0) is 33.8 Å². The number of halogens is 2. The summed E-state index contributed by atoms with van der Waals surface area (Å²) >= 11 is 0. The van der Waals surface area contributed by atoms with Crippen molar-refractivity contribution in [2.75, 3.05) is 0 Å². The molecule has 0 saturated heterocycles. The van der Waals surface area contributed by atoms with Gasteiger partial charge in [0.1, 0.15) is 0 Å². The van der Waals surface area contributed by atoms with Crippen molar-refractivity contribution in [3.8, 4) is 5.75 Å². The van der Waals surface area contributed by atoms with Gasteiger partial charge in [-0.25, -0.2) is 13.6 Å². The first-order valence-electron chi connectivity index (χ1n) is 6.68. The van der Waals surface area contributed by atoms with E-state index < -0.39 is 23.5 Å². The molecule has 0 unspecified atom stereocenters. The third-order valence-corrected chi connectivity index (χ3v) is 2.73. The number of fused-ring (bicyclic) bond motifs is 1. The Balaban J connectivity index is 2.53. The van der Waals surface area contributed by atoms with E-state index in [-0.39, 0.29) is 23.1 Å². The van der Waals surface area contributed by atoms with Crippen LogP contribution in [0.25, 0.3) is 10.9 Å². The molecule has 0 aliphatic carbocycles. The minimum absolute atomic E-state index is 0.103. The molecule has 1 aromatic carbocycles. The number of hydrogen-bond donors (Lipinski definition) is 0. The van der Waals surface area contributed by atoms with E-state index in [4.69, 9.17) is 9.47 Å². The Morgan fingerprint density at radius 3 is 2.43 bits per heavy atom. The summed E-state index contributed by atoms with van der Waals surface area (Å²) in [5.41, 5.74) is 0.103. The molecule has 1 aromatic heterocycles. The molecule has 0 radical (unpaired) electrons. The van der Waals surface area contributed by atoms with E-state index in [1.165, 1.54) is 12.3 Å². The summed E-state index contributed by atoms with van der Waals surface area (Å²) in [5.74, 6) is -2.12. The van der Waals surface area contributed by atoms with Crippen LogP contribution in [-0.2, 0) is 4.74 Å². The zero-order valence-electron chi connectivity index (χ0n) is 12.3. The van der Waals surface area contributed by atoms with Crippen LogP contribution in [0.5, 0.6) is 5.75 Å². The van der Waals surface area contributed by atoms with E-state index in [2.05, 4.69) is 0 Å². The van der Waals surface area contributed by atoms with Gasteiger partial charge in [-0.2, -0.15) is 0 Å². The number of ether oxygens (including phenoxy) is 2. The smallest absolute Gasteiger partial charge is 0.418 e. The van der Waals surface area contributed by atoms with Crippen LogP contribution in [0.15, 0.2) is 18.3 Å². The molecule has 0 atom stereocenters. The summed E-state index contributed by atoms with van der Waals surface area (Å²) in [4.78, 5) is 11.9. The fourth-order valence-corrected chi connectivity index (χ4v) is 1.95. The van der Waals surface area contributed by atoms with Crippen molar-refractivity contribution in [3.63, 3.8) is 0 Å². The molecule has 114 valence electrons. The van der Waals surface area contributed by atoms with Gasteiger partial charge in [0.15, 0.2) is 17.4 Å². The number of hydrogen-bond acceptors (Lipinski definition) is 3. The Bertz CT molecular complexity index is 677. The van der Waals surface area contributed by atoms with Crippen molar-refractivity contribution >= 4 is 17.0 Å². The predicted octanol–water partition coefficient (Wildman–Crippen LogP) is 4.10. The van der Waals surface area contributed by atoms with Crippen molar-refractivity contribution in [1.82, 2.24) is 4.57 Å². The highest BCUT2D eigenvalue weighted by Gasteiger charge is 2.21. The molecule has 21 heavy (non-hydrogen) atoms. The zero-order valence-corrected chi connectivity index (χ0v) is 12.3. The van der Waals surface area contributed by atoms with Crippen LogP contribution >= 0.6 is 0 Å². The fraction of sp³-hybridized carbons (Fsp3) is 0.400. The highest BCUT2D eigenvalue weighted by molar-refractivity contribution is 5.90. The van der Waals surface area contributed by atoms with Crippen LogP contribution in [0.3, 0.4) is 0 Å². The Labute approximate surface area is 121 Å². The highest BCUT2D eigenvalue weighted by atomic mass is 19.1. The number of carbonyl (C=O) groups excluding carboxylic acids is 1. The highest BCUT2D eigenvalue weighted by Crippen LogP contribution is 2.31. The lowest BCUT2D eigenvalue weighted by molar-refractivity contribution is 0.118. The first-order valence-corrected chi connectivity index (χ1v) is 6.68. The third-order valence-electron chi connectivity index (χ3n) is 2.73. The molecule has 0 amide bonds. The second kappa shape index (κ2) is 5.71. The first kappa shape index (κ1) is 15.3. The van der Waals surface area contributed by atoms with Crippen molar-refractivity contribution in [2.24, 2.45) is 0 Å². The van der Waals surface area contributed by atoms with Gasteiger partial charge < -0.3 is 9.47 Å². The average molecular weight is 297 g/mol. The van der Waals surface area contributed by atoms with E-state index in [0.717, 1.165) is 10.6 Å². The fourth-order valence-electron chi connectivity index (χ4n) is 1.95. The standard InChI is InChI=1S/C15H17F2NO3/c1-8(2)20-14-11(16)7-12-10(13(14)17)5-6-18(12)15(19)21-9(3)4/h5-9H,1-4H3. The third kappa shape index (κ3) is 2.99. The van der Waals surface area contributed by atoms with Crippen molar-refractivity contribution in [2.45, 2.75) is 39.9 Å². The molecule has 0 aliphatic rings. The molecule has 0 aliphatic heterocycles. The number of carbonyl (C=O) groups is 1. The van der Waals surface area contributed by atoms with Gasteiger partial charge in [-0.15, -0.1) is 0 Å². The average Bonchev–Trinajstić information content (AvgIpc) is 2.77. The second-order valence-corrected chi connectivity index (χ2v) is 5.22. The molecule has 2 rings (SSSR count). The quantitative estimate of drug-likeness (QED) is 0.856. The predicted molar refractivity (Wildman–Crippen MR) is 74.6 cm³/mol. The summed E-state index contributed by atoms with van der Waals surface area (Å²) in [5, 5.41) is 0.104. The molecule has 4 nitrogen and oxygen atoms in total. The number of rotatable bonds is 3. The van der Waals surface area contributed by atoms with Gasteiger partial charge >= 0.3 is 6.09 Å². The SMILES string of the molecule is CC(C)OC(=O)n1ccc2c(F)c(OC(C)C)c(F)cc21. The molecule has 0 N–H and O–H groups in total. The number of benzene rings is 1. The van der Waals surface area contributed by atoms with Crippen LogP contribution in [0, 0.1) is 11.6 Å². The van der Waals surface area contributed by atoms with E-state index in [9.17, 15) is 13.6 Å². The van der Waals surface area contributed by atoms with Crippen LogP contribution < -0.4 is 4.74 Å². The van der Waals surface area contributed by atoms with Crippen LogP contribution in [0.4, 0.5) is 13.6 Å². The van der Waals surface area contributed by atoms with Gasteiger partial charge in [0, 0.05) is 17.6 Å². The van der Waals surface area contributed by atoms with Crippen molar-refractivity contribution in [3.05, 3.63) is 30.0 Å². The van der Waals surface area contributed by atoms with E-state index in [0.29, 0.717) is 0 Å². The maximum absolute atomic E-state index is 14.3. The molecule has 2 aromatic rings. The molecular formula is C15H17F2NO3. The van der Waals surface area contributed by atoms with Gasteiger partial charge in [0.25, 0.3) is 0 Å². The van der Waals surface area contributed by atoms with Gasteiger partial charge in [0.05, 0.1) is 17.7 Å². The van der Waals surface area contributed by atoms with Crippen LogP contribution in [-0.4, -0.2) is 22.9 Å². The molecule has 0 spiro atoms. The normalized spacial score (nSPS) is 11.4. The maximum Gasteiger partial charge on any atom is 0.418 e. The van der Waals surface area contributed by atoms with Crippen molar-refractivity contribution in [1.29, 1.82) is 0 Å². The lowest BCUT2D eigenvalue weighted by Gasteiger charge is -2.13.